The summed E-state index contributed by atoms with van der Waals surface area (Å²) in [5.74, 6) is -1.72. The summed E-state index contributed by atoms with van der Waals surface area (Å²) in [6.07, 6.45) is 0.425. The monoisotopic (exact) mass is 517 g/mol. The van der Waals surface area contributed by atoms with Crippen molar-refractivity contribution in [1.82, 2.24) is 24.2 Å². The molecule has 0 bridgehead atoms. The second kappa shape index (κ2) is 9.27. The van der Waals surface area contributed by atoms with E-state index in [1.54, 1.807) is 4.68 Å². The van der Waals surface area contributed by atoms with Crippen molar-refractivity contribution in [2.75, 3.05) is 13.1 Å². The number of carbonyl (C=O) groups excluding carboxylic acids is 1. The van der Waals surface area contributed by atoms with Crippen molar-refractivity contribution in [3.63, 3.8) is 0 Å². The Bertz CT molecular complexity index is 1350. The molecule has 3 aromatic rings. The van der Waals surface area contributed by atoms with Gasteiger partial charge < -0.3 is 10.0 Å². The van der Waals surface area contributed by atoms with Crippen molar-refractivity contribution in [3.8, 4) is 5.69 Å². The van der Waals surface area contributed by atoms with Gasteiger partial charge in [0.25, 0.3) is 5.56 Å². The zero-order valence-corrected chi connectivity index (χ0v) is 20.6. The molecule has 1 saturated carbocycles. The molecule has 11 heteroatoms. The van der Waals surface area contributed by atoms with E-state index in [1.807, 2.05) is 30.3 Å². The highest BCUT2D eigenvalue weighted by Crippen LogP contribution is 2.51. The van der Waals surface area contributed by atoms with Gasteiger partial charge in [0.05, 0.1) is 30.5 Å². The molecule has 2 aliphatic rings. The quantitative estimate of drug-likeness (QED) is 0.557. The number of likely N-dealkylation sites (tertiary alicyclic amines) is 1. The standard InChI is InChI=1S/C26H30F3N5O3/c1-18(13-26(27,28)29)22(35)32-12-11-25(37,24(15-32)9-5-6-10-24)16-33-17-30-21-20(23(33)36)14-31-34(21)19-7-3-2-4-8-19/h2-4,7-8,14,17-18,37H,5-6,9-13,15-16H2,1H3/t18-,25?/m1/s1. The van der Waals surface area contributed by atoms with Crippen LogP contribution in [0.5, 0.6) is 0 Å². The SMILES string of the molecule is C[C@H](CC(F)(F)F)C(=O)N1CCC(O)(Cn2cnc3c(cnn3-c3ccccc3)c2=O)C2(CCCC2)C1. The molecule has 1 saturated heterocycles. The maximum Gasteiger partial charge on any atom is 0.389 e. The van der Waals surface area contributed by atoms with Crippen molar-refractivity contribution >= 4 is 16.9 Å². The van der Waals surface area contributed by atoms with Crippen LogP contribution in [0.3, 0.4) is 0 Å². The summed E-state index contributed by atoms with van der Waals surface area (Å²) >= 11 is 0. The van der Waals surface area contributed by atoms with Crippen LogP contribution in [-0.2, 0) is 11.3 Å². The van der Waals surface area contributed by atoms with Gasteiger partial charge in [0, 0.05) is 24.4 Å². The topological polar surface area (TPSA) is 93.2 Å². The average Bonchev–Trinajstić information content (AvgIpc) is 3.50. The number of amides is 1. The van der Waals surface area contributed by atoms with Gasteiger partial charge in [0.15, 0.2) is 5.65 Å². The Morgan fingerprint density at radius 1 is 1.16 bits per heavy atom. The molecule has 198 valence electrons. The Balaban J connectivity index is 1.41. The summed E-state index contributed by atoms with van der Waals surface area (Å²) in [6.45, 7) is 1.61. The fourth-order valence-corrected chi connectivity index (χ4v) is 6.13. The number of carbonyl (C=O) groups is 1. The summed E-state index contributed by atoms with van der Waals surface area (Å²) in [5.41, 5.74) is -1.15. The van der Waals surface area contributed by atoms with E-state index in [0.29, 0.717) is 23.9 Å². The molecule has 2 aromatic heterocycles. The van der Waals surface area contributed by atoms with E-state index < -0.39 is 35.4 Å². The molecule has 1 aliphatic heterocycles. The first kappa shape index (κ1) is 25.4. The highest BCUT2D eigenvalue weighted by molar-refractivity contribution is 5.79. The summed E-state index contributed by atoms with van der Waals surface area (Å²) in [7, 11) is 0. The number of aliphatic hydroxyl groups is 1. The first-order valence-electron chi connectivity index (χ1n) is 12.6. The van der Waals surface area contributed by atoms with Gasteiger partial charge in [-0.15, -0.1) is 0 Å². The van der Waals surface area contributed by atoms with Crippen molar-refractivity contribution < 1.29 is 23.1 Å². The number of nitrogens with zero attached hydrogens (tertiary/aromatic N) is 5. The van der Waals surface area contributed by atoms with E-state index in [9.17, 15) is 27.9 Å². The smallest absolute Gasteiger partial charge is 0.387 e. The van der Waals surface area contributed by atoms with Crippen LogP contribution in [-0.4, -0.2) is 60.1 Å². The van der Waals surface area contributed by atoms with Gasteiger partial charge in [0.2, 0.25) is 5.91 Å². The number of benzene rings is 1. The molecule has 2 fully saturated rings. The lowest BCUT2D eigenvalue weighted by Gasteiger charge is -2.52. The number of fused-ring (bicyclic) bond motifs is 1. The zero-order valence-electron chi connectivity index (χ0n) is 20.6. The molecule has 5 rings (SSSR count). The molecule has 3 heterocycles. The first-order valence-corrected chi connectivity index (χ1v) is 12.6. The van der Waals surface area contributed by atoms with E-state index in [-0.39, 0.29) is 31.6 Å². The number of aromatic nitrogens is 4. The maximum absolute atomic E-state index is 13.4. The van der Waals surface area contributed by atoms with E-state index in [2.05, 4.69) is 10.1 Å². The van der Waals surface area contributed by atoms with Crippen molar-refractivity contribution in [2.24, 2.45) is 11.3 Å². The summed E-state index contributed by atoms with van der Waals surface area (Å²) < 4.78 is 41.6. The van der Waals surface area contributed by atoms with Crippen LogP contribution in [0.25, 0.3) is 16.7 Å². The minimum Gasteiger partial charge on any atom is -0.387 e. The molecule has 0 radical (unpaired) electrons. The van der Waals surface area contributed by atoms with Crippen molar-refractivity contribution in [2.45, 2.75) is 63.8 Å². The summed E-state index contributed by atoms with van der Waals surface area (Å²) in [6, 6.07) is 9.32. The van der Waals surface area contributed by atoms with Gasteiger partial charge in [0.1, 0.15) is 11.7 Å². The Labute approximate surface area is 211 Å². The van der Waals surface area contributed by atoms with Crippen LogP contribution in [0.2, 0.25) is 0 Å². The zero-order chi connectivity index (χ0) is 26.4. The Hall–Kier alpha value is -3.21. The van der Waals surface area contributed by atoms with Crippen molar-refractivity contribution in [1.29, 1.82) is 0 Å². The van der Waals surface area contributed by atoms with Gasteiger partial charge >= 0.3 is 6.18 Å². The summed E-state index contributed by atoms with van der Waals surface area (Å²) in [5, 5.41) is 16.6. The average molecular weight is 518 g/mol. The third-order valence-electron chi connectivity index (χ3n) is 8.09. The number of para-hydroxylation sites is 1. The van der Waals surface area contributed by atoms with Gasteiger partial charge in [-0.2, -0.15) is 18.3 Å². The van der Waals surface area contributed by atoms with Gasteiger partial charge in [-0.05, 0) is 31.4 Å². The molecular weight excluding hydrogens is 487 g/mol. The molecule has 1 spiro atoms. The van der Waals surface area contributed by atoms with Gasteiger partial charge in [-0.1, -0.05) is 38.0 Å². The lowest BCUT2D eigenvalue weighted by Crippen LogP contribution is -2.62. The third-order valence-corrected chi connectivity index (χ3v) is 8.09. The molecule has 1 N–H and O–H groups in total. The predicted octanol–water partition coefficient (Wildman–Crippen LogP) is 3.69. The maximum atomic E-state index is 13.4. The largest absolute Gasteiger partial charge is 0.389 e. The highest BCUT2D eigenvalue weighted by atomic mass is 19.4. The molecular formula is C26H30F3N5O3. The fraction of sp³-hybridized carbons (Fsp3) is 0.538. The predicted molar refractivity (Wildman–Crippen MR) is 130 cm³/mol. The minimum atomic E-state index is -4.42. The van der Waals surface area contributed by atoms with Crippen LogP contribution in [0.1, 0.15) is 45.4 Å². The minimum absolute atomic E-state index is 0.00851. The van der Waals surface area contributed by atoms with E-state index in [1.165, 1.54) is 28.9 Å². The summed E-state index contributed by atoms with van der Waals surface area (Å²) in [4.78, 5) is 32.2. The van der Waals surface area contributed by atoms with Crippen LogP contribution < -0.4 is 5.56 Å². The molecule has 8 nitrogen and oxygen atoms in total. The number of alkyl halides is 3. The molecule has 1 amide bonds. The van der Waals surface area contributed by atoms with Crippen LogP contribution in [0.15, 0.2) is 47.7 Å². The molecule has 1 unspecified atom stereocenters. The number of hydrogen-bond donors (Lipinski definition) is 1. The van der Waals surface area contributed by atoms with E-state index in [4.69, 9.17) is 0 Å². The van der Waals surface area contributed by atoms with Crippen molar-refractivity contribution in [3.05, 3.63) is 53.2 Å². The Morgan fingerprint density at radius 3 is 2.54 bits per heavy atom. The number of piperidine rings is 1. The lowest BCUT2D eigenvalue weighted by atomic mass is 9.65. The van der Waals surface area contributed by atoms with E-state index in [0.717, 1.165) is 18.5 Å². The number of hydrogen-bond acceptors (Lipinski definition) is 5. The Kier molecular flexibility index (Phi) is 6.37. The fourth-order valence-electron chi connectivity index (χ4n) is 6.13. The first-order chi connectivity index (χ1) is 17.5. The second-order valence-electron chi connectivity index (χ2n) is 10.6. The second-order valence-corrected chi connectivity index (χ2v) is 10.6. The molecule has 2 atom stereocenters. The van der Waals surface area contributed by atoms with Gasteiger partial charge in [-0.25, -0.2) is 9.67 Å². The number of rotatable bonds is 5. The Morgan fingerprint density at radius 2 is 1.86 bits per heavy atom. The molecule has 1 aromatic carbocycles. The normalized spacial score (nSPS) is 22.6. The van der Waals surface area contributed by atoms with Crippen LogP contribution in [0.4, 0.5) is 13.2 Å². The number of halogens is 3. The van der Waals surface area contributed by atoms with Crippen LogP contribution in [0, 0.1) is 11.3 Å². The molecule has 1 aliphatic carbocycles. The third kappa shape index (κ3) is 4.65. The lowest BCUT2D eigenvalue weighted by molar-refractivity contribution is -0.172. The van der Waals surface area contributed by atoms with Gasteiger partial charge in [-0.3, -0.25) is 14.2 Å². The van der Waals surface area contributed by atoms with E-state index >= 15 is 0 Å². The molecule has 37 heavy (non-hydrogen) atoms. The highest BCUT2D eigenvalue weighted by Gasteiger charge is 2.56. The van der Waals surface area contributed by atoms with Crippen LogP contribution >= 0.6 is 0 Å².